The molecule has 8 nitrogen and oxygen atoms in total. The number of nitrogens with zero attached hydrogens (tertiary/aromatic N) is 1. The summed E-state index contributed by atoms with van der Waals surface area (Å²) in [6.07, 6.45) is 2.78. The summed E-state index contributed by atoms with van der Waals surface area (Å²) in [6.45, 7) is 1.94. The zero-order valence-electron chi connectivity index (χ0n) is 17.6. The zero-order valence-corrected chi connectivity index (χ0v) is 18.4. The van der Waals surface area contributed by atoms with Crippen LogP contribution in [0.15, 0.2) is 78.9 Å². The Labute approximate surface area is 195 Å². The summed E-state index contributed by atoms with van der Waals surface area (Å²) < 4.78 is 0. The molecule has 0 unspecified atom stereocenters. The van der Waals surface area contributed by atoms with Crippen molar-refractivity contribution in [1.29, 1.82) is 0 Å². The van der Waals surface area contributed by atoms with Crippen molar-refractivity contribution in [2.24, 2.45) is 0 Å². The third kappa shape index (κ3) is 7.08. The molecule has 2 amide bonds. The SMILES string of the molecule is Cc1cccc(NC(=O)c2cccc(NC(=S)NC(=O)/C=C/c3ccc([N+](=O)[O-])cc3)c2)c1. The molecule has 0 spiro atoms. The molecule has 33 heavy (non-hydrogen) atoms. The highest BCUT2D eigenvalue weighted by Gasteiger charge is 2.09. The highest BCUT2D eigenvalue weighted by atomic mass is 32.1. The molecule has 0 bridgehead atoms. The molecule has 0 aliphatic rings. The Hall–Kier alpha value is -4.37. The molecule has 166 valence electrons. The predicted octanol–water partition coefficient (Wildman–Crippen LogP) is 4.68. The molecular formula is C24H20N4O4S. The van der Waals surface area contributed by atoms with Crippen LogP contribution in [-0.2, 0) is 4.79 Å². The molecule has 0 fully saturated rings. The quantitative estimate of drug-likeness (QED) is 0.213. The summed E-state index contributed by atoms with van der Waals surface area (Å²) >= 11 is 5.16. The second kappa shape index (κ2) is 10.8. The van der Waals surface area contributed by atoms with Gasteiger partial charge >= 0.3 is 0 Å². The van der Waals surface area contributed by atoms with Crippen LogP contribution in [0.25, 0.3) is 6.08 Å². The van der Waals surface area contributed by atoms with Crippen molar-refractivity contribution in [3.63, 3.8) is 0 Å². The summed E-state index contributed by atoms with van der Waals surface area (Å²) in [6, 6.07) is 20.0. The van der Waals surface area contributed by atoms with E-state index in [1.54, 1.807) is 24.3 Å². The standard InChI is InChI=1S/C24H20N4O4S/c1-16-4-2-6-19(14-16)25-23(30)18-5-3-7-20(15-18)26-24(33)27-22(29)13-10-17-8-11-21(12-9-17)28(31)32/h2-15H,1H3,(H,25,30)(H2,26,27,29,33)/b13-10+. The lowest BCUT2D eigenvalue weighted by molar-refractivity contribution is -0.384. The normalized spacial score (nSPS) is 10.5. The Morgan fingerprint density at radius 2 is 1.61 bits per heavy atom. The Kier molecular flexibility index (Phi) is 7.61. The number of non-ortho nitro benzene ring substituents is 1. The summed E-state index contributed by atoms with van der Waals surface area (Å²) in [5.41, 5.74) is 3.29. The van der Waals surface area contributed by atoms with Gasteiger partial charge in [0.15, 0.2) is 5.11 Å². The molecule has 0 heterocycles. The number of nitro groups is 1. The fourth-order valence-corrected chi connectivity index (χ4v) is 3.08. The Morgan fingerprint density at radius 3 is 2.27 bits per heavy atom. The molecular weight excluding hydrogens is 440 g/mol. The van der Waals surface area contributed by atoms with E-state index in [1.165, 1.54) is 36.4 Å². The number of aryl methyl sites for hydroxylation is 1. The zero-order chi connectivity index (χ0) is 23.8. The largest absolute Gasteiger partial charge is 0.332 e. The van der Waals surface area contributed by atoms with Crippen molar-refractivity contribution in [2.75, 3.05) is 10.6 Å². The van der Waals surface area contributed by atoms with Crippen LogP contribution in [0, 0.1) is 17.0 Å². The van der Waals surface area contributed by atoms with E-state index in [0.29, 0.717) is 22.5 Å². The molecule has 3 rings (SSSR count). The maximum absolute atomic E-state index is 12.5. The van der Waals surface area contributed by atoms with Crippen LogP contribution < -0.4 is 16.0 Å². The van der Waals surface area contributed by atoms with Crippen molar-refractivity contribution in [3.8, 4) is 0 Å². The summed E-state index contributed by atoms with van der Waals surface area (Å²) in [4.78, 5) is 34.8. The number of hydrogen-bond acceptors (Lipinski definition) is 5. The van der Waals surface area contributed by atoms with Gasteiger partial charge in [0, 0.05) is 35.1 Å². The molecule has 3 aromatic carbocycles. The number of carbonyl (C=O) groups excluding carboxylic acids is 2. The van der Waals surface area contributed by atoms with E-state index in [-0.39, 0.29) is 16.7 Å². The highest BCUT2D eigenvalue weighted by Crippen LogP contribution is 2.15. The van der Waals surface area contributed by atoms with Crippen LogP contribution in [0.2, 0.25) is 0 Å². The average Bonchev–Trinajstić information content (AvgIpc) is 2.78. The van der Waals surface area contributed by atoms with Crippen LogP contribution >= 0.6 is 12.2 Å². The number of nitro benzene ring substituents is 1. The number of benzene rings is 3. The van der Waals surface area contributed by atoms with Gasteiger partial charge in [-0.2, -0.15) is 0 Å². The maximum Gasteiger partial charge on any atom is 0.269 e. The van der Waals surface area contributed by atoms with E-state index in [9.17, 15) is 19.7 Å². The number of amides is 2. The van der Waals surface area contributed by atoms with Crippen molar-refractivity contribution in [1.82, 2.24) is 5.32 Å². The van der Waals surface area contributed by atoms with E-state index in [2.05, 4.69) is 16.0 Å². The number of carbonyl (C=O) groups is 2. The van der Waals surface area contributed by atoms with Gasteiger partial charge in [-0.15, -0.1) is 0 Å². The van der Waals surface area contributed by atoms with Gasteiger partial charge in [-0.3, -0.25) is 25.0 Å². The molecule has 0 aliphatic carbocycles. The first-order chi connectivity index (χ1) is 15.8. The minimum Gasteiger partial charge on any atom is -0.332 e. The highest BCUT2D eigenvalue weighted by molar-refractivity contribution is 7.80. The van der Waals surface area contributed by atoms with E-state index < -0.39 is 10.8 Å². The number of anilines is 2. The summed E-state index contributed by atoms with van der Waals surface area (Å²) in [5.74, 6) is -0.746. The van der Waals surface area contributed by atoms with Gasteiger partial charge in [-0.25, -0.2) is 0 Å². The van der Waals surface area contributed by atoms with Gasteiger partial charge < -0.3 is 10.6 Å². The van der Waals surface area contributed by atoms with Crippen LogP contribution in [0.1, 0.15) is 21.5 Å². The van der Waals surface area contributed by atoms with E-state index in [0.717, 1.165) is 5.56 Å². The summed E-state index contributed by atoms with van der Waals surface area (Å²) in [5, 5.41) is 19.0. The fourth-order valence-electron chi connectivity index (χ4n) is 2.86. The average molecular weight is 461 g/mol. The van der Waals surface area contributed by atoms with Crippen molar-refractivity contribution < 1.29 is 14.5 Å². The predicted molar refractivity (Wildman–Crippen MR) is 132 cm³/mol. The number of nitrogens with one attached hydrogen (secondary N) is 3. The lowest BCUT2D eigenvalue weighted by Crippen LogP contribution is -2.32. The van der Waals surface area contributed by atoms with Gasteiger partial charge in [0.1, 0.15) is 0 Å². The third-order valence-corrected chi connectivity index (χ3v) is 4.63. The molecule has 9 heteroatoms. The lowest BCUT2D eigenvalue weighted by atomic mass is 10.1. The molecule has 0 saturated carbocycles. The monoisotopic (exact) mass is 460 g/mol. The van der Waals surface area contributed by atoms with Crippen LogP contribution in [-0.4, -0.2) is 21.9 Å². The maximum atomic E-state index is 12.5. The number of rotatable bonds is 6. The van der Waals surface area contributed by atoms with Gasteiger partial charge in [-0.05, 0) is 78.8 Å². The lowest BCUT2D eigenvalue weighted by Gasteiger charge is -2.10. The van der Waals surface area contributed by atoms with Crippen LogP contribution in [0.4, 0.5) is 17.1 Å². The van der Waals surface area contributed by atoms with Crippen LogP contribution in [0.3, 0.4) is 0 Å². The van der Waals surface area contributed by atoms with Crippen molar-refractivity contribution in [3.05, 3.63) is 106 Å². The van der Waals surface area contributed by atoms with Gasteiger partial charge in [0.2, 0.25) is 5.91 Å². The number of hydrogen-bond donors (Lipinski definition) is 3. The summed E-state index contributed by atoms with van der Waals surface area (Å²) in [7, 11) is 0. The Bertz CT molecular complexity index is 1240. The van der Waals surface area contributed by atoms with Gasteiger partial charge in [0.05, 0.1) is 4.92 Å². The van der Waals surface area contributed by atoms with Gasteiger partial charge in [-0.1, -0.05) is 18.2 Å². The first-order valence-electron chi connectivity index (χ1n) is 9.83. The molecule has 0 aromatic heterocycles. The van der Waals surface area contributed by atoms with Crippen molar-refractivity contribution >= 4 is 52.3 Å². The molecule has 0 atom stereocenters. The number of thiocarbonyl (C=S) groups is 1. The smallest absolute Gasteiger partial charge is 0.269 e. The second-order valence-electron chi connectivity index (χ2n) is 7.03. The third-order valence-electron chi connectivity index (χ3n) is 4.43. The van der Waals surface area contributed by atoms with Crippen LogP contribution in [0.5, 0.6) is 0 Å². The Balaban J connectivity index is 1.56. The molecule has 0 aliphatic heterocycles. The Morgan fingerprint density at radius 1 is 0.939 bits per heavy atom. The van der Waals surface area contributed by atoms with E-state index >= 15 is 0 Å². The molecule has 0 radical (unpaired) electrons. The first-order valence-corrected chi connectivity index (χ1v) is 10.2. The minimum absolute atomic E-state index is 0.0308. The minimum atomic E-state index is -0.495. The van der Waals surface area contributed by atoms with E-state index in [1.807, 2.05) is 31.2 Å². The molecule has 3 N–H and O–H groups in total. The van der Waals surface area contributed by atoms with Gasteiger partial charge in [0.25, 0.3) is 11.6 Å². The second-order valence-corrected chi connectivity index (χ2v) is 7.44. The van der Waals surface area contributed by atoms with Crippen molar-refractivity contribution in [2.45, 2.75) is 6.92 Å². The topological polar surface area (TPSA) is 113 Å². The first kappa shape index (κ1) is 23.3. The fraction of sp³-hybridized carbons (Fsp3) is 0.0417. The van der Waals surface area contributed by atoms with E-state index in [4.69, 9.17) is 12.2 Å². The molecule has 0 saturated heterocycles. The molecule has 3 aromatic rings.